The smallest absolute Gasteiger partial charge is 0.232 e. The molecular weight excluding hydrogens is 260 g/mol. The highest BCUT2D eigenvalue weighted by Gasteiger charge is 2.21. The summed E-state index contributed by atoms with van der Waals surface area (Å²) >= 11 is 0. The average molecular weight is 276 g/mol. The van der Waals surface area contributed by atoms with Gasteiger partial charge < -0.3 is 9.47 Å². The van der Waals surface area contributed by atoms with Crippen LogP contribution in [0.15, 0.2) is 54.6 Å². The first-order chi connectivity index (χ1) is 10.2. The van der Waals surface area contributed by atoms with Crippen molar-refractivity contribution in [3.05, 3.63) is 65.9 Å². The summed E-state index contributed by atoms with van der Waals surface area (Å²) in [7, 11) is 1.86. The Kier molecular flexibility index (Phi) is 2.61. The summed E-state index contributed by atoms with van der Waals surface area (Å²) in [4.78, 5) is 14.3. The monoisotopic (exact) mass is 276 g/mol. The fourth-order valence-corrected chi connectivity index (χ4v) is 3.15. The van der Waals surface area contributed by atoms with Crippen molar-refractivity contribution in [2.45, 2.75) is 13.0 Å². The zero-order chi connectivity index (χ0) is 14.4. The molecule has 1 aliphatic rings. The van der Waals surface area contributed by atoms with Crippen molar-refractivity contribution < 1.29 is 4.79 Å². The van der Waals surface area contributed by atoms with E-state index in [0.717, 1.165) is 17.9 Å². The summed E-state index contributed by atoms with van der Waals surface area (Å²) in [6, 6.07) is 18.6. The van der Waals surface area contributed by atoms with E-state index in [1.165, 1.54) is 16.5 Å². The third kappa shape index (κ3) is 1.85. The van der Waals surface area contributed by atoms with Gasteiger partial charge in [0.1, 0.15) is 0 Å². The molecule has 2 aromatic carbocycles. The number of anilines is 1. The molecule has 3 nitrogen and oxygen atoms in total. The van der Waals surface area contributed by atoms with E-state index in [1.807, 2.05) is 37.4 Å². The van der Waals surface area contributed by atoms with Gasteiger partial charge in [0.15, 0.2) is 0 Å². The highest BCUT2D eigenvalue weighted by Crippen LogP contribution is 2.28. The summed E-state index contributed by atoms with van der Waals surface area (Å²) in [6.45, 7) is 0.802. The van der Waals surface area contributed by atoms with Gasteiger partial charge in [0.05, 0.1) is 6.42 Å². The first-order valence-electron chi connectivity index (χ1n) is 7.15. The number of benzene rings is 2. The number of hydrogen-bond donors (Lipinski definition) is 0. The van der Waals surface area contributed by atoms with E-state index in [2.05, 4.69) is 28.8 Å². The highest BCUT2D eigenvalue weighted by atomic mass is 16.2. The number of nitrogens with zero attached hydrogens (tertiary/aromatic N) is 2. The Bertz CT molecular complexity index is 847. The molecule has 4 rings (SSSR count). The molecule has 0 radical (unpaired) electrons. The van der Waals surface area contributed by atoms with Crippen LogP contribution < -0.4 is 4.90 Å². The molecule has 0 bridgehead atoms. The number of amides is 1. The van der Waals surface area contributed by atoms with Gasteiger partial charge in [-0.05, 0) is 29.1 Å². The van der Waals surface area contributed by atoms with Crippen LogP contribution in [0.25, 0.3) is 10.9 Å². The third-order valence-corrected chi connectivity index (χ3v) is 4.28. The van der Waals surface area contributed by atoms with Crippen LogP contribution in [0, 0.1) is 0 Å². The lowest BCUT2D eigenvalue weighted by molar-refractivity contribution is -0.117. The Morgan fingerprint density at radius 1 is 1.00 bits per heavy atom. The van der Waals surface area contributed by atoms with Crippen molar-refractivity contribution in [2.24, 2.45) is 0 Å². The van der Waals surface area contributed by atoms with Gasteiger partial charge in [-0.1, -0.05) is 36.4 Å². The van der Waals surface area contributed by atoms with E-state index in [0.29, 0.717) is 6.42 Å². The SMILES string of the molecule is CN1C(=O)Cc2cc3ccccc3n2Cc2ccccc21. The van der Waals surface area contributed by atoms with Gasteiger partial charge >= 0.3 is 0 Å². The van der Waals surface area contributed by atoms with Crippen molar-refractivity contribution in [2.75, 3.05) is 11.9 Å². The summed E-state index contributed by atoms with van der Waals surface area (Å²) in [5.74, 6) is 0.131. The quantitative estimate of drug-likeness (QED) is 0.619. The maximum absolute atomic E-state index is 12.5. The second-order valence-electron chi connectivity index (χ2n) is 5.54. The normalized spacial score (nSPS) is 14.5. The van der Waals surface area contributed by atoms with Crippen molar-refractivity contribution in [3.63, 3.8) is 0 Å². The Morgan fingerprint density at radius 2 is 1.76 bits per heavy atom. The standard InChI is InChI=1S/C18H16N2O/c1-19-16-8-4-3-7-14(16)12-20-15(11-18(19)21)10-13-6-2-5-9-17(13)20/h2-10H,11-12H2,1H3. The van der Waals surface area contributed by atoms with Crippen molar-refractivity contribution in [1.29, 1.82) is 0 Å². The molecule has 0 saturated heterocycles. The van der Waals surface area contributed by atoms with Gasteiger partial charge in [-0.15, -0.1) is 0 Å². The highest BCUT2D eigenvalue weighted by molar-refractivity contribution is 5.96. The minimum Gasteiger partial charge on any atom is -0.340 e. The molecule has 3 aromatic rings. The molecule has 1 amide bonds. The molecule has 0 fully saturated rings. The van der Waals surface area contributed by atoms with Crippen molar-refractivity contribution in [3.8, 4) is 0 Å². The summed E-state index contributed by atoms with van der Waals surface area (Å²) < 4.78 is 2.26. The molecule has 0 spiro atoms. The van der Waals surface area contributed by atoms with Gasteiger partial charge in [-0.25, -0.2) is 0 Å². The van der Waals surface area contributed by atoms with E-state index >= 15 is 0 Å². The second kappa shape index (κ2) is 4.48. The fourth-order valence-electron chi connectivity index (χ4n) is 3.15. The number of carbonyl (C=O) groups is 1. The van der Waals surface area contributed by atoms with Crippen LogP contribution in [0.3, 0.4) is 0 Å². The molecule has 0 unspecified atom stereocenters. The third-order valence-electron chi connectivity index (χ3n) is 4.28. The summed E-state index contributed by atoms with van der Waals surface area (Å²) in [5, 5.41) is 1.20. The molecule has 1 aromatic heterocycles. The predicted octanol–water partition coefficient (Wildman–Crippen LogP) is 3.21. The number of hydrogen-bond acceptors (Lipinski definition) is 1. The van der Waals surface area contributed by atoms with E-state index in [-0.39, 0.29) is 5.91 Å². The van der Waals surface area contributed by atoms with Crippen LogP contribution in [0.4, 0.5) is 5.69 Å². The second-order valence-corrected chi connectivity index (χ2v) is 5.54. The lowest BCUT2D eigenvalue weighted by Gasteiger charge is -2.25. The number of rotatable bonds is 0. The number of likely N-dealkylation sites (N-methyl/N-ethyl adjacent to an activating group) is 1. The van der Waals surface area contributed by atoms with Crippen LogP contribution >= 0.6 is 0 Å². The first kappa shape index (κ1) is 12.2. The molecule has 1 aliphatic heterocycles. The number of para-hydroxylation sites is 2. The first-order valence-corrected chi connectivity index (χ1v) is 7.15. The molecule has 0 N–H and O–H groups in total. The molecule has 104 valence electrons. The molecule has 21 heavy (non-hydrogen) atoms. The predicted molar refractivity (Wildman–Crippen MR) is 84.6 cm³/mol. The molecule has 0 saturated carbocycles. The van der Waals surface area contributed by atoms with E-state index in [9.17, 15) is 4.79 Å². The molecule has 0 aliphatic carbocycles. The van der Waals surface area contributed by atoms with E-state index in [1.54, 1.807) is 4.90 Å². The van der Waals surface area contributed by atoms with Gasteiger partial charge in [0, 0.05) is 30.5 Å². The van der Waals surface area contributed by atoms with E-state index < -0.39 is 0 Å². The largest absolute Gasteiger partial charge is 0.340 e. The molecule has 3 heteroatoms. The maximum atomic E-state index is 12.5. The Hall–Kier alpha value is -2.55. The van der Waals surface area contributed by atoms with Crippen LogP contribution in [0.2, 0.25) is 0 Å². The van der Waals surface area contributed by atoms with Crippen LogP contribution in [0.5, 0.6) is 0 Å². The Labute approximate surface area is 123 Å². The van der Waals surface area contributed by atoms with Gasteiger partial charge in [-0.2, -0.15) is 0 Å². The van der Waals surface area contributed by atoms with Crippen LogP contribution in [-0.4, -0.2) is 17.5 Å². The lowest BCUT2D eigenvalue weighted by Crippen LogP contribution is -2.31. The summed E-state index contributed by atoms with van der Waals surface area (Å²) in [6.07, 6.45) is 0.444. The van der Waals surface area contributed by atoms with Gasteiger partial charge in [0.2, 0.25) is 5.91 Å². The van der Waals surface area contributed by atoms with E-state index in [4.69, 9.17) is 0 Å². The molecular formula is C18H16N2O. The molecule has 0 atom stereocenters. The number of aromatic nitrogens is 1. The zero-order valence-corrected chi connectivity index (χ0v) is 11.9. The maximum Gasteiger partial charge on any atom is 0.232 e. The fraction of sp³-hybridized carbons (Fsp3) is 0.167. The Morgan fingerprint density at radius 3 is 2.67 bits per heavy atom. The summed E-state index contributed by atoms with van der Waals surface area (Å²) in [5.41, 5.74) is 4.46. The minimum absolute atomic E-state index is 0.131. The van der Waals surface area contributed by atoms with Crippen LogP contribution in [-0.2, 0) is 17.8 Å². The van der Waals surface area contributed by atoms with Crippen molar-refractivity contribution >= 4 is 22.5 Å². The van der Waals surface area contributed by atoms with Gasteiger partial charge in [-0.3, -0.25) is 4.79 Å². The number of carbonyl (C=O) groups excluding carboxylic acids is 1. The topological polar surface area (TPSA) is 25.2 Å². The van der Waals surface area contributed by atoms with Crippen LogP contribution in [0.1, 0.15) is 11.3 Å². The Balaban J connectivity index is 1.98. The number of fused-ring (bicyclic) bond motifs is 4. The van der Waals surface area contributed by atoms with Crippen molar-refractivity contribution in [1.82, 2.24) is 4.57 Å². The average Bonchev–Trinajstić information content (AvgIpc) is 2.83. The zero-order valence-electron chi connectivity index (χ0n) is 11.9. The molecule has 2 heterocycles. The lowest BCUT2D eigenvalue weighted by atomic mass is 10.1. The minimum atomic E-state index is 0.131. The van der Waals surface area contributed by atoms with Gasteiger partial charge in [0.25, 0.3) is 0 Å².